The molecule has 27 heavy (non-hydrogen) atoms. The number of aromatic hydroxyl groups is 1. The lowest BCUT2D eigenvalue weighted by atomic mass is 9.46. The number of benzene rings is 1. The molecule has 1 aromatic rings. The maximum absolute atomic E-state index is 12.7. The summed E-state index contributed by atoms with van der Waals surface area (Å²) < 4.78 is 0. The Kier molecular flexibility index (Phi) is 3.24. The Bertz CT molecular complexity index is 872. The molecule has 1 amide bonds. The van der Waals surface area contributed by atoms with Crippen LogP contribution in [-0.4, -0.2) is 62.7 Å². The monoisotopic (exact) mass is 372 g/mol. The Morgan fingerprint density at radius 2 is 2.00 bits per heavy atom. The van der Waals surface area contributed by atoms with Crippen molar-refractivity contribution in [3.63, 3.8) is 0 Å². The summed E-state index contributed by atoms with van der Waals surface area (Å²) in [6.45, 7) is 0.650. The third kappa shape index (κ3) is 1.92. The molecule has 3 fully saturated rings. The molecule has 2 saturated heterocycles. The smallest absolute Gasteiger partial charge is 0.228 e. The zero-order valence-corrected chi connectivity index (χ0v) is 15.2. The normalized spacial score (nSPS) is 43.4. The molecule has 5 rings (SSSR count). The van der Waals surface area contributed by atoms with Gasteiger partial charge in [0.1, 0.15) is 11.3 Å². The number of nitrogens with one attached hydrogen (secondary N) is 1. The van der Waals surface area contributed by atoms with E-state index in [9.17, 15) is 24.9 Å². The van der Waals surface area contributed by atoms with E-state index in [0.717, 1.165) is 0 Å². The highest BCUT2D eigenvalue weighted by molar-refractivity contribution is 6.10. The second kappa shape index (κ2) is 5.10. The molecule has 144 valence electrons. The van der Waals surface area contributed by atoms with Gasteiger partial charge < -0.3 is 20.6 Å². The number of carbonyl (C=O) groups is 2. The second-order valence-electron chi connectivity index (χ2n) is 8.81. The van der Waals surface area contributed by atoms with Crippen molar-refractivity contribution in [3.8, 4) is 5.75 Å². The molecule has 7 heteroatoms. The summed E-state index contributed by atoms with van der Waals surface area (Å²) in [6.07, 6.45) is 0.556. The van der Waals surface area contributed by atoms with Crippen LogP contribution in [0.15, 0.2) is 18.2 Å². The second-order valence-corrected chi connectivity index (χ2v) is 8.81. The summed E-state index contributed by atoms with van der Waals surface area (Å²) in [5.41, 5.74) is -1.62. The molecule has 4 aliphatic rings. The van der Waals surface area contributed by atoms with Gasteiger partial charge in [-0.15, -0.1) is 0 Å². The number of likely N-dealkylation sites (N-methyl/N-ethyl adjacent to an activating group) is 1. The molecule has 4 N–H and O–H groups in total. The average molecular weight is 372 g/mol. The number of hydrogen-bond acceptors (Lipinski definition) is 6. The SMILES string of the molecule is CN1CC[C@]23C[C@]4(CC[C@@]2(O)[C@H]1[C@H](O)c1ccc(O)cc13)NC(=O)CC4=O. The number of piperidine rings is 1. The first-order chi connectivity index (χ1) is 12.7. The number of ketones is 1. The summed E-state index contributed by atoms with van der Waals surface area (Å²) >= 11 is 0. The lowest BCUT2D eigenvalue weighted by Crippen LogP contribution is -2.76. The van der Waals surface area contributed by atoms with Gasteiger partial charge in [-0.3, -0.25) is 14.5 Å². The Balaban J connectivity index is 1.75. The van der Waals surface area contributed by atoms with Gasteiger partial charge in [0.15, 0.2) is 5.78 Å². The number of nitrogens with zero attached hydrogens (tertiary/aromatic N) is 1. The largest absolute Gasteiger partial charge is 0.508 e. The van der Waals surface area contributed by atoms with E-state index in [1.165, 1.54) is 0 Å². The summed E-state index contributed by atoms with van der Waals surface area (Å²) in [7, 11) is 1.90. The fourth-order valence-electron chi connectivity index (χ4n) is 6.40. The third-order valence-corrected chi connectivity index (χ3v) is 7.62. The fraction of sp³-hybridized carbons (Fsp3) is 0.600. The van der Waals surface area contributed by atoms with Crippen LogP contribution in [0.2, 0.25) is 0 Å². The van der Waals surface area contributed by atoms with Crippen molar-refractivity contribution in [2.75, 3.05) is 13.6 Å². The first-order valence-electron chi connectivity index (χ1n) is 9.51. The van der Waals surface area contributed by atoms with E-state index in [0.29, 0.717) is 43.4 Å². The molecule has 0 unspecified atom stereocenters. The number of phenols is 1. The molecule has 7 nitrogen and oxygen atoms in total. The number of phenolic OH excluding ortho intramolecular Hbond substituents is 1. The number of Topliss-reactive ketones (excluding diaryl/α,β-unsaturated/α-hetero) is 1. The molecule has 1 aromatic carbocycles. The van der Waals surface area contributed by atoms with Crippen LogP contribution in [-0.2, 0) is 15.0 Å². The number of aliphatic hydroxyl groups excluding tert-OH is 1. The number of amides is 1. The van der Waals surface area contributed by atoms with Gasteiger partial charge in [-0.2, -0.15) is 0 Å². The first-order valence-corrected chi connectivity index (χ1v) is 9.51. The summed E-state index contributed by atoms with van der Waals surface area (Å²) in [6, 6.07) is 4.37. The van der Waals surface area contributed by atoms with Gasteiger partial charge in [-0.25, -0.2) is 0 Å². The predicted octanol–water partition coefficient (Wildman–Crippen LogP) is 0.124. The fourth-order valence-corrected chi connectivity index (χ4v) is 6.40. The molecule has 2 aliphatic heterocycles. The lowest BCUT2D eigenvalue weighted by Gasteiger charge is -2.66. The van der Waals surface area contributed by atoms with Gasteiger partial charge in [0.25, 0.3) is 0 Å². The van der Waals surface area contributed by atoms with Gasteiger partial charge >= 0.3 is 0 Å². The Morgan fingerprint density at radius 3 is 2.70 bits per heavy atom. The molecule has 0 radical (unpaired) electrons. The van der Waals surface area contributed by atoms with Crippen molar-refractivity contribution >= 4 is 11.7 Å². The maximum atomic E-state index is 12.7. The van der Waals surface area contributed by atoms with Crippen molar-refractivity contribution in [3.05, 3.63) is 29.3 Å². The Labute approximate surface area is 157 Å². The number of carbonyl (C=O) groups excluding carboxylic acids is 2. The van der Waals surface area contributed by atoms with Crippen LogP contribution < -0.4 is 5.32 Å². The van der Waals surface area contributed by atoms with E-state index >= 15 is 0 Å². The first kappa shape index (κ1) is 17.2. The van der Waals surface area contributed by atoms with Crippen molar-refractivity contribution in [2.45, 2.75) is 60.8 Å². The highest BCUT2D eigenvalue weighted by Crippen LogP contribution is 2.62. The number of rotatable bonds is 0. The molecular weight excluding hydrogens is 348 g/mol. The van der Waals surface area contributed by atoms with Gasteiger partial charge in [-0.1, -0.05) is 6.07 Å². The van der Waals surface area contributed by atoms with Crippen LogP contribution in [0.3, 0.4) is 0 Å². The van der Waals surface area contributed by atoms with Crippen LogP contribution >= 0.6 is 0 Å². The minimum absolute atomic E-state index is 0.0662. The van der Waals surface area contributed by atoms with Crippen molar-refractivity contribution < 1.29 is 24.9 Å². The van der Waals surface area contributed by atoms with E-state index in [1.807, 2.05) is 11.9 Å². The molecular formula is C20H24N2O5. The van der Waals surface area contributed by atoms with Crippen molar-refractivity contribution in [2.24, 2.45) is 0 Å². The number of likely N-dealkylation sites (tertiary alicyclic amines) is 1. The zero-order chi connectivity index (χ0) is 19.2. The van der Waals surface area contributed by atoms with Gasteiger partial charge in [0, 0.05) is 5.41 Å². The molecule has 1 spiro atoms. The number of aliphatic hydroxyl groups is 2. The Hall–Kier alpha value is -1.96. The topological polar surface area (TPSA) is 110 Å². The van der Waals surface area contributed by atoms with Crippen LogP contribution in [0.25, 0.3) is 0 Å². The molecule has 2 bridgehead atoms. The van der Waals surface area contributed by atoms with Crippen LogP contribution in [0.5, 0.6) is 5.75 Å². The van der Waals surface area contributed by atoms with Crippen LogP contribution in [0.4, 0.5) is 0 Å². The van der Waals surface area contributed by atoms with Crippen LogP contribution in [0.1, 0.15) is 49.3 Å². The van der Waals surface area contributed by atoms with Crippen LogP contribution in [0, 0.1) is 0 Å². The van der Waals surface area contributed by atoms with Gasteiger partial charge in [-0.05, 0) is 62.5 Å². The predicted molar refractivity (Wildman–Crippen MR) is 95.1 cm³/mol. The standard InChI is InChI=1S/C20H24N2O5/c1-22-7-6-18-10-19(14(24)9-15(25)21-19)4-5-20(18,27)17(22)16(26)12-3-2-11(23)8-13(12)18/h2-3,8,16-17,23,26-27H,4-7,9-10H2,1H3,(H,21,25)/t16-,17-,18-,19+,20-/m1/s1. The van der Waals surface area contributed by atoms with E-state index in [4.69, 9.17) is 0 Å². The highest BCUT2D eigenvalue weighted by atomic mass is 16.3. The van der Waals surface area contributed by atoms with Gasteiger partial charge in [0.05, 0.1) is 24.2 Å². The molecule has 5 atom stereocenters. The van der Waals surface area contributed by atoms with Gasteiger partial charge in [0.2, 0.25) is 5.91 Å². The molecule has 2 heterocycles. The molecule has 0 aromatic heterocycles. The quantitative estimate of drug-likeness (QED) is 0.482. The minimum Gasteiger partial charge on any atom is -0.508 e. The van der Waals surface area contributed by atoms with E-state index in [2.05, 4.69) is 5.32 Å². The average Bonchev–Trinajstić information content (AvgIpc) is 2.88. The van der Waals surface area contributed by atoms with Crippen molar-refractivity contribution in [1.82, 2.24) is 10.2 Å². The summed E-state index contributed by atoms with van der Waals surface area (Å²) in [5, 5.41) is 36.0. The van der Waals surface area contributed by atoms with Crippen molar-refractivity contribution in [1.29, 1.82) is 0 Å². The van der Waals surface area contributed by atoms with E-state index in [1.54, 1.807) is 18.2 Å². The summed E-state index contributed by atoms with van der Waals surface area (Å²) in [4.78, 5) is 26.7. The summed E-state index contributed by atoms with van der Waals surface area (Å²) in [5.74, 6) is -0.318. The molecule has 1 saturated carbocycles. The maximum Gasteiger partial charge on any atom is 0.228 e. The third-order valence-electron chi connectivity index (χ3n) is 7.62. The number of fused-ring (bicyclic) bond motifs is 1. The Morgan fingerprint density at radius 1 is 1.22 bits per heavy atom. The minimum atomic E-state index is -1.24. The van der Waals surface area contributed by atoms with E-state index < -0.39 is 28.7 Å². The number of hydrogen-bond donors (Lipinski definition) is 4. The lowest BCUT2D eigenvalue weighted by molar-refractivity contribution is -0.202. The highest BCUT2D eigenvalue weighted by Gasteiger charge is 2.70. The van der Waals surface area contributed by atoms with E-state index in [-0.39, 0.29) is 23.9 Å². The molecule has 2 aliphatic carbocycles. The zero-order valence-electron chi connectivity index (χ0n) is 15.2.